The van der Waals surface area contributed by atoms with Crippen LogP contribution >= 0.6 is 0 Å². The summed E-state index contributed by atoms with van der Waals surface area (Å²) in [7, 11) is 1.43. The number of pyridine rings is 1. The molecule has 304 valence electrons. The zero-order valence-electron chi connectivity index (χ0n) is 29.8. The molecule has 0 saturated heterocycles. The van der Waals surface area contributed by atoms with Gasteiger partial charge < -0.3 is 30.1 Å². The molecule has 1 spiro atoms. The highest BCUT2D eigenvalue weighted by atomic mass is 19.4. The Balaban J connectivity index is 1.40. The fraction of sp³-hybridized carbons (Fsp3) is 0.432. The van der Waals surface area contributed by atoms with Crippen molar-refractivity contribution in [1.82, 2.24) is 15.0 Å². The van der Waals surface area contributed by atoms with Crippen LogP contribution in [0.1, 0.15) is 55.3 Å². The van der Waals surface area contributed by atoms with Crippen molar-refractivity contribution in [2.45, 2.75) is 69.1 Å². The number of halogens is 8. The highest BCUT2D eigenvalue weighted by Gasteiger charge is 2.53. The van der Waals surface area contributed by atoms with Gasteiger partial charge in [0.25, 0.3) is 11.8 Å². The van der Waals surface area contributed by atoms with E-state index in [4.69, 9.17) is 14.6 Å². The summed E-state index contributed by atoms with van der Waals surface area (Å²) < 4.78 is 122. The number of aliphatic hydroxyl groups is 3. The molecule has 4 N–H and O–H groups in total. The Kier molecular flexibility index (Phi) is 12.9. The lowest BCUT2D eigenvalue weighted by Gasteiger charge is -2.48. The van der Waals surface area contributed by atoms with Crippen LogP contribution in [0.4, 0.5) is 40.8 Å². The third kappa shape index (κ3) is 9.06. The smallest absolute Gasteiger partial charge is 0.433 e. The van der Waals surface area contributed by atoms with Crippen LogP contribution < -0.4 is 10.1 Å². The number of hydrogen-bond acceptors (Lipinski definition) is 9. The molecule has 11 nitrogen and oxygen atoms in total. The SMILES string of the molecule is CN1N(Cc2ccc(OCCCCOC[C@H](O)CO)c(F)c2F)C(=O)C(C(=O)Nc2ccc(C(F)(F)F)cc2-c2ccc(C(F)(F)F)nc2)=C(O)C12CCCC2. The first-order valence-electron chi connectivity index (χ1n) is 17.4. The first kappa shape index (κ1) is 42.3. The average molecular weight is 803 g/mol. The summed E-state index contributed by atoms with van der Waals surface area (Å²) in [6, 6.07) is 5.78. The Hall–Kier alpha value is -4.85. The molecule has 56 heavy (non-hydrogen) atoms. The molecule has 0 radical (unpaired) electrons. The summed E-state index contributed by atoms with van der Waals surface area (Å²) in [6.07, 6.45) is -7.70. The second kappa shape index (κ2) is 17.1. The normalized spacial score (nSPS) is 16.8. The summed E-state index contributed by atoms with van der Waals surface area (Å²) in [5, 5.41) is 34.2. The number of hydrogen-bond donors (Lipinski definition) is 4. The van der Waals surface area contributed by atoms with Crippen molar-refractivity contribution in [3.63, 3.8) is 0 Å². The van der Waals surface area contributed by atoms with Gasteiger partial charge in [0, 0.05) is 42.2 Å². The van der Waals surface area contributed by atoms with Crippen molar-refractivity contribution in [2.75, 3.05) is 38.8 Å². The Bertz CT molecular complexity index is 1930. The van der Waals surface area contributed by atoms with Crippen LogP contribution in [0.25, 0.3) is 11.1 Å². The number of carbonyl (C=O) groups is 2. The molecule has 19 heteroatoms. The molecule has 5 rings (SSSR count). The standard InChI is InChI=1S/C37H38F8N4O7/c1-48-35(12-2-3-13-35)32(52)29(33(53)47-26-9-8-23(36(40,41)42)16-25(26)21-7-11-28(46-17-21)37(43,44)45)34(54)49(48)18-22-6-10-27(31(39)30(22)38)56-15-5-4-14-55-20-24(51)19-50/h6-11,16-17,24,50-52H,2-5,12-15,18-20H2,1H3,(H,47,53)/t24-/m1/s1. The van der Waals surface area contributed by atoms with Crippen molar-refractivity contribution < 1.29 is 69.5 Å². The number of unbranched alkanes of at least 4 members (excludes halogenated alkanes) is 1. The van der Waals surface area contributed by atoms with Crippen LogP contribution in [0.2, 0.25) is 0 Å². The van der Waals surface area contributed by atoms with Crippen molar-refractivity contribution in [2.24, 2.45) is 0 Å². The molecule has 1 aromatic heterocycles. The minimum Gasteiger partial charge on any atom is -0.509 e. The van der Waals surface area contributed by atoms with Crippen LogP contribution in [0, 0.1) is 11.6 Å². The Labute approximate surface area is 315 Å². The van der Waals surface area contributed by atoms with E-state index in [9.17, 15) is 46.1 Å². The molecule has 3 aromatic rings. The van der Waals surface area contributed by atoms with E-state index in [1.807, 2.05) is 0 Å². The predicted molar refractivity (Wildman–Crippen MR) is 182 cm³/mol. The highest BCUT2D eigenvalue weighted by molar-refractivity contribution is 6.24. The third-order valence-corrected chi connectivity index (χ3v) is 9.63. The Morgan fingerprint density at radius 3 is 2.30 bits per heavy atom. The summed E-state index contributed by atoms with van der Waals surface area (Å²) in [5.41, 5.74) is -6.01. The molecule has 2 heterocycles. The maximum absolute atomic E-state index is 15.5. The van der Waals surface area contributed by atoms with E-state index < -0.39 is 94.5 Å². The summed E-state index contributed by atoms with van der Waals surface area (Å²) in [5.74, 6) is -6.19. The minimum atomic E-state index is -4.89. The van der Waals surface area contributed by atoms with Gasteiger partial charge in [-0.2, -0.15) is 30.7 Å². The van der Waals surface area contributed by atoms with Crippen molar-refractivity contribution >= 4 is 17.5 Å². The van der Waals surface area contributed by atoms with Gasteiger partial charge in [0.05, 0.1) is 37.5 Å². The van der Waals surface area contributed by atoms with Gasteiger partial charge in [-0.15, -0.1) is 0 Å². The maximum Gasteiger partial charge on any atom is 0.433 e. The number of aromatic nitrogens is 1. The number of nitrogens with one attached hydrogen (secondary N) is 1. The number of amides is 2. The lowest BCUT2D eigenvalue weighted by atomic mass is 9.88. The average Bonchev–Trinajstić information content (AvgIpc) is 3.65. The van der Waals surface area contributed by atoms with Gasteiger partial charge in [-0.05, 0) is 56.0 Å². The molecule has 2 aromatic carbocycles. The van der Waals surface area contributed by atoms with E-state index in [1.165, 1.54) is 18.1 Å². The molecule has 2 amide bonds. The topological polar surface area (TPSA) is 145 Å². The van der Waals surface area contributed by atoms with Gasteiger partial charge in [0.2, 0.25) is 5.82 Å². The van der Waals surface area contributed by atoms with Crippen LogP contribution in [-0.4, -0.2) is 87.3 Å². The van der Waals surface area contributed by atoms with Crippen molar-refractivity contribution in [3.05, 3.63) is 88.4 Å². The van der Waals surface area contributed by atoms with E-state index in [2.05, 4.69) is 10.3 Å². The molecular formula is C37H38F8N4O7. The number of aliphatic hydroxyl groups excluding tert-OH is 3. The van der Waals surface area contributed by atoms with E-state index in [0.717, 1.165) is 23.2 Å². The van der Waals surface area contributed by atoms with E-state index in [0.29, 0.717) is 50.1 Å². The number of rotatable bonds is 14. The van der Waals surface area contributed by atoms with Gasteiger partial charge in [-0.3, -0.25) is 19.6 Å². The second-order valence-corrected chi connectivity index (χ2v) is 13.3. The number of benzene rings is 2. The maximum atomic E-state index is 15.5. The van der Waals surface area contributed by atoms with Crippen LogP contribution in [0.3, 0.4) is 0 Å². The lowest BCUT2D eigenvalue weighted by molar-refractivity contribution is -0.163. The Morgan fingerprint density at radius 2 is 1.68 bits per heavy atom. The monoisotopic (exact) mass is 802 g/mol. The fourth-order valence-electron chi connectivity index (χ4n) is 6.59. The molecule has 1 aliphatic heterocycles. The van der Waals surface area contributed by atoms with Gasteiger partial charge in [0.15, 0.2) is 11.6 Å². The van der Waals surface area contributed by atoms with Crippen molar-refractivity contribution in [1.29, 1.82) is 0 Å². The van der Waals surface area contributed by atoms with Crippen molar-refractivity contribution in [3.8, 4) is 16.9 Å². The number of ether oxygens (including phenoxy) is 2. The van der Waals surface area contributed by atoms with Gasteiger partial charge >= 0.3 is 12.4 Å². The minimum absolute atomic E-state index is 0.0178. The zero-order chi connectivity index (χ0) is 41.0. The number of likely N-dealkylation sites (N-methyl/N-ethyl adjacent to an activating group) is 1. The summed E-state index contributed by atoms with van der Waals surface area (Å²) >= 11 is 0. The van der Waals surface area contributed by atoms with E-state index >= 15 is 8.78 Å². The number of hydrazine groups is 1. The molecule has 2 aliphatic rings. The van der Waals surface area contributed by atoms with Gasteiger partial charge in [0.1, 0.15) is 23.1 Å². The van der Waals surface area contributed by atoms with Crippen LogP contribution in [0.5, 0.6) is 5.75 Å². The zero-order valence-corrected chi connectivity index (χ0v) is 29.8. The van der Waals surface area contributed by atoms with E-state index in [1.54, 1.807) is 0 Å². The first-order chi connectivity index (χ1) is 26.4. The lowest BCUT2D eigenvalue weighted by Crippen LogP contribution is -2.62. The molecule has 1 aliphatic carbocycles. The molecule has 1 fully saturated rings. The quantitative estimate of drug-likeness (QED) is 0.0811. The van der Waals surface area contributed by atoms with Gasteiger partial charge in [-0.1, -0.05) is 25.0 Å². The molecular weight excluding hydrogens is 764 g/mol. The summed E-state index contributed by atoms with van der Waals surface area (Å²) in [6.45, 7) is -0.939. The van der Waals surface area contributed by atoms with Gasteiger partial charge in [-0.25, -0.2) is 9.40 Å². The predicted octanol–water partition coefficient (Wildman–Crippen LogP) is 6.55. The summed E-state index contributed by atoms with van der Waals surface area (Å²) in [4.78, 5) is 31.2. The van der Waals surface area contributed by atoms with Crippen LogP contribution in [0.15, 0.2) is 60.0 Å². The highest BCUT2D eigenvalue weighted by Crippen LogP contribution is 2.45. The molecule has 0 bridgehead atoms. The molecule has 1 saturated carbocycles. The number of anilines is 1. The molecule has 1 atom stereocenters. The first-order valence-corrected chi connectivity index (χ1v) is 17.4. The third-order valence-electron chi connectivity index (χ3n) is 9.63. The Morgan fingerprint density at radius 1 is 0.982 bits per heavy atom. The van der Waals surface area contributed by atoms with Crippen LogP contribution in [-0.2, 0) is 33.2 Å². The number of alkyl halides is 6. The van der Waals surface area contributed by atoms with E-state index in [-0.39, 0.29) is 49.5 Å². The fourth-order valence-corrected chi connectivity index (χ4v) is 6.59. The second-order valence-electron chi connectivity index (χ2n) is 13.3. The number of nitrogens with zero attached hydrogens (tertiary/aromatic N) is 3. The molecule has 0 unspecified atom stereocenters. The largest absolute Gasteiger partial charge is 0.509 e. The number of carbonyl (C=O) groups excluding carboxylic acids is 2.